The highest BCUT2D eigenvalue weighted by atomic mass is 16.5. The maximum Gasteiger partial charge on any atom is 0.336 e. The maximum absolute atomic E-state index is 13.8. The summed E-state index contributed by atoms with van der Waals surface area (Å²) in [5, 5.41) is 0.850. The standard InChI is InChI=1S/C31H31NO6/c1-18-10-19(2)12-22(11-18)31(34)32-9-8-21-14-28(35-4)29(36-5)16-25(21)26(32)17-37-23-6-7-24-20(3)13-30(33)38-27(24)15-23/h6-7,10-16,26H,8-9,17H2,1-5H3/t26-/m0/s1. The molecule has 7 heteroatoms. The SMILES string of the molecule is COc1cc2c(cc1OC)[C@H](COc1ccc3c(C)cc(=O)oc3c1)N(C(=O)c1cc(C)cc(C)c1)CC2. The van der Waals surface area contributed by atoms with Crippen molar-refractivity contribution in [2.75, 3.05) is 27.4 Å². The first-order valence-electron chi connectivity index (χ1n) is 12.6. The van der Waals surface area contributed by atoms with E-state index in [1.54, 1.807) is 20.3 Å². The molecule has 0 aliphatic carbocycles. The minimum Gasteiger partial charge on any atom is -0.493 e. The number of hydrogen-bond acceptors (Lipinski definition) is 6. The van der Waals surface area contributed by atoms with E-state index >= 15 is 0 Å². The molecular formula is C31H31NO6. The van der Waals surface area contributed by atoms with Gasteiger partial charge in [-0.15, -0.1) is 0 Å². The first kappa shape index (κ1) is 25.4. The van der Waals surface area contributed by atoms with Crippen molar-refractivity contribution in [3.8, 4) is 17.2 Å². The highest BCUT2D eigenvalue weighted by molar-refractivity contribution is 5.95. The van der Waals surface area contributed by atoms with E-state index in [4.69, 9.17) is 18.6 Å². The van der Waals surface area contributed by atoms with Gasteiger partial charge < -0.3 is 23.5 Å². The lowest BCUT2D eigenvalue weighted by molar-refractivity contribution is 0.0589. The summed E-state index contributed by atoms with van der Waals surface area (Å²) in [6.07, 6.45) is 0.684. The summed E-state index contributed by atoms with van der Waals surface area (Å²) in [7, 11) is 3.21. The molecular weight excluding hydrogens is 482 g/mol. The molecule has 0 spiro atoms. The molecule has 0 saturated heterocycles. The molecule has 1 aromatic heterocycles. The van der Waals surface area contributed by atoms with Crippen molar-refractivity contribution in [3.63, 3.8) is 0 Å². The van der Waals surface area contributed by atoms with Crippen LogP contribution in [0.5, 0.6) is 17.2 Å². The molecule has 0 bridgehead atoms. The summed E-state index contributed by atoms with van der Waals surface area (Å²) in [6.45, 7) is 6.60. The molecule has 0 fully saturated rings. The second-order valence-corrected chi connectivity index (χ2v) is 9.76. The van der Waals surface area contributed by atoms with E-state index in [0.717, 1.165) is 33.2 Å². The van der Waals surface area contributed by atoms with Crippen LogP contribution in [-0.2, 0) is 6.42 Å². The van der Waals surface area contributed by atoms with Crippen LogP contribution in [0.25, 0.3) is 11.0 Å². The van der Waals surface area contributed by atoms with Gasteiger partial charge >= 0.3 is 5.63 Å². The van der Waals surface area contributed by atoms with Gasteiger partial charge in [-0.05, 0) is 80.3 Å². The van der Waals surface area contributed by atoms with Crippen molar-refractivity contribution in [1.82, 2.24) is 4.90 Å². The topological polar surface area (TPSA) is 78.2 Å². The smallest absolute Gasteiger partial charge is 0.336 e. The predicted molar refractivity (Wildman–Crippen MR) is 146 cm³/mol. The van der Waals surface area contributed by atoms with Crippen LogP contribution in [0.15, 0.2) is 63.8 Å². The number of nitrogens with zero attached hydrogens (tertiary/aromatic N) is 1. The van der Waals surface area contributed by atoms with Crippen molar-refractivity contribution in [1.29, 1.82) is 0 Å². The van der Waals surface area contributed by atoms with Crippen molar-refractivity contribution in [3.05, 3.63) is 98.4 Å². The molecule has 196 valence electrons. The summed E-state index contributed by atoms with van der Waals surface area (Å²) >= 11 is 0. The van der Waals surface area contributed by atoms with Gasteiger partial charge in [0.2, 0.25) is 0 Å². The van der Waals surface area contributed by atoms with E-state index in [1.807, 2.05) is 62.1 Å². The van der Waals surface area contributed by atoms with Crippen LogP contribution in [-0.4, -0.2) is 38.2 Å². The average molecular weight is 514 g/mol. The van der Waals surface area contributed by atoms with E-state index in [-0.39, 0.29) is 18.6 Å². The van der Waals surface area contributed by atoms with Crippen molar-refractivity contribution < 1.29 is 23.4 Å². The molecule has 0 saturated carbocycles. The Bertz CT molecular complexity index is 1570. The van der Waals surface area contributed by atoms with Crippen LogP contribution in [0.1, 0.15) is 44.2 Å². The fourth-order valence-electron chi connectivity index (χ4n) is 5.29. The first-order chi connectivity index (χ1) is 18.3. The maximum atomic E-state index is 13.8. The van der Waals surface area contributed by atoms with Gasteiger partial charge in [-0.25, -0.2) is 4.79 Å². The number of ether oxygens (including phenoxy) is 3. The minimum absolute atomic E-state index is 0.0500. The number of fused-ring (bicyclic) bond motifs is 2. The summed E-state index contributed by atoms with van der Waals surface area (Å²) in [6, 6.07) is 16.4. The zero-order chi connectivity index (χ0) is 27.0. The van der Waals surface area contributed by atoms with Gasteiger partial charge in [0.15, 0.2) is 11.5 Å². The van der Waals surface area contributed by atoms with Crippen molar-refractivity contribution in [2.45, 2.75) is 33.2 Å². The third-order valence-corrected chi connectivity index (χ3v) is 7.06. The largest absolute Gasteiger partial charge is 0.493 e. The van der Waals surface area contributed by atoms with Gasteiger partial charge in [-0.3, -0.25) is 4.79 Å². The Morgan fingerprint density at radius 1 is 0.947 bits per heavy atom. The molecule has 0 unspecified atom stereocenters. The van der Waals surface area contributed by atoms with Gasteiger partial charge in [-0.1, -0.05) is 17.2 Å². The Morgan fingerprint density at radius 2 is 1.66 bits per heavy atom. The molecule has 1 atom stereocenters. The van der Waals surface area contributed by atoms with E-state index in [2.05, 4.69) is 6.07 Å². The Balaban J connectivity index is 1.53. The van der Waals surface area contributed by atoms with Crippen LogP contribution < -0.4 is 19.8 Å². The third-order valence-electron chi connectivity index (χ3n) is 7.06. The molecule has 1 aliphatic heterocycles. The lowest BCUT2D eigenvalue weighted by Gasteiger charge is -2.37. The van der Waals surface area contributed by atoms with Gasteiger partial charge in [-0.2, -0.15) is 0 Å². The molecule has 2 heterocycles. The molecule has 1 amide bonds. The lowest BCUT2D eigenvalue weighted by Crippen LogP contribution is -2.42. The Kier molecular flexibility index (Phi) is 6.85. The van der Waals surface area contributed by atoms with Crippen LogP contribution in [0.2, 0.25) is 0 Å². The second-order valence-electron chi connectivity index (χ2n) is 9.76. The molecule has 3 aromatic carbocycles. The highest BCUT2D eigenvalue weighted by Crippen LogP contribution is 2.39. The Morgan fingerprint density at radius 3 is 2.37 bits per heavy atom. The number of aryl methyl sites for hydroxylation is 3. The Labute approximate surface area is 221 Å². The quantitative estimate of drug-likeness (QED) is 0.315. The lowest BCUT2D eigenvalue weighted by atomic mass is 9.91. The zero-order valence-electron chi connectivity index (χ0n) is 22.3. The number of carbonyl (C=O) groups excluding carboxylic acids is 1. The summed E-state index contributed by atoms with van der Waals surface area (Å²) in [5.74, 6) is 1.75. The van der Waals surface area contributed by atoms with Crippen LogP contribution in [0.4, 0.5) is 0 Å². The molecule has 4 aromatic rings. The Hall–Kier alpha value is -4.26. The minimum atomic E-state index is -0.403. The van der Waals surface area contributed by atoms with E-state index < -0.39 is 5.63 Å². The van der Waals surface area contributed by atoms with Gasteiger partial charge in [0.05, 0.1) is 20.3 Å². The molecule has 0 N–H and O–H groups in total. The second kappa shape index (κ2) is 10.2. The molecule has 7 nitrogen and oxygen atoms in total. The summed E-state index contributed by atoms with van der Waals surface area (Å²) < 4.78 is 22.8. The third kappa shape index (κ3) is 4.84. The normalized spacial score (nSPS) is 14.8. The monoisotopic (exact) mass is 513 g/mol. The highest BCUT2D eigenvalue weighted by Gasteiger charge is 2.33. The molecule has 0 radical (unpaired) electrons. The van der Waals surface area contributed by atoms with E-state index in [9.17, 15) is 9.59 Å². The molecule has 1 aliphatic rings. The van der Waals surface area contributed by atoms with Crippen molar-refractivity contribution in [2.24, 2.45) is 0 Å². The number of rotatable bonds is 6. The van der Waals surface area contributed by atoms with Crippen LogP contribution in [0, 0.1) is 20.8 Å². The number of benzene rings is 3. The average Bonchev–Trinajstić information content (AvgIpc) is 2.89. The fourth-order valence-corrected chi connectivity index (χ4v) is 5.29. The van der Waals surface area contributed by atoms with Gasteiger partial charge in [0.1, 0.15) is 17.9 Å². The fraction of sp³-hybridized carbons (Fsp3) is 0.290. The van der Waals surface area contributed by atoms with Crippen LogP contribution >= 0.6 is 0 Å². The van der Waals surface area contributed by atoms with E-state index in [1.165, 1.54) is 6.07 Å². The number of hydrogen-bond donors (Lipinski definition) is 0. The van der Waals surface area contributed by atoms with Gasteiger partial charge in [0, 0.05) is 29.6 Å². The zero-order valence-corrected chi connectivity index (χ0v) is 22.3. The molecule has 5 rings (SSSR count). The number of amides is 1. The van der Waals surface area contributed by atoms with Gasteiger partial charge in [0.25, 0.3) is 5.91 Å². The van der Waals surface area contributed by atoms with Crippen LogP contribution in [0.3, 0.4) is 0 Å². The van der Waals surface area contributed by atoms with E-state index in [0.29, 0.717) is 41.4 Å². The number of carbonyl (C=O) groups is 1. The first-order valence-corrected chi connectivity index (χ1v) is 12.6. The predicted octanol–water partition coefficient (Wildman–Crippen LogP) is 5.55. The summed E-state index contributed by atoms with van der Waals surface area (Å²) in [5.41, 5.74) is 5.67. The molecule has 38 heavy (non-hydrogen) atoms. The number of methoxy groups -OCH3 is 2. The van der Waals surface area contributed by atoms with Crippen molar-refractivity contribution >= 4 is 16.9 Å². The summed E-state index contributed by atoms with van der Waals surface area (Å²) in [4.78, 5) is 27.6.